The van der Waals surface area contributed by atoms with Crippen molar-refractivity contribution < 1.29 is 19.2 Å². The van der Waals surface area contributed by atoms with Crippen molar-refractivity contribution in [3.8, 4) is 0 Å². The number of nitro benzene ring substituents is 1. The Balaban J connectivity index is 1.64. The van der Waals surface area contributed by atoms with Gasteiger partial charge in [-0.3, -0.25) is 14.9 Å². The van der Waals surface area contributed by atoms with Gasteiger partial charge in [-0.2, -0.15) is 0 Å². The van der Waals surface area contributed by atoms with E-state index in [2.05, 4.69) is 13.8 Å². The molecule has 0 spiro atoms. The van der Waals surface area contributed by atoms with Gasteiger partial charge in [0.15, 0.2) is 6.61 Å². The maximum Gasteiger partial charge on any atom is 0.338 e. The first kappa shape index (κ1) is 20.1. The lowest BCUT2D eigenvalue weighted by molar-refractivity contribution is -0.384. The molecule has 0 bridgehead atoms. The maximum atomic E-state index is 12.4. The van der Waals surface area contributed by atoms with E-state index in [1.807, 2.05) is 4.90 Å². The second kappa shape index (κ2) is 8.58. The Morgan fingerprint density at radius 1 is 1.18 bits per heavy atom. The summed E-state index contributed by atoms with van der Waals surface area (Å²) >= 11 is 0. The van der Waals surface area contributed by atoms with Crippen LogP contribution in [-0.4, -0.2) is 54.5 Å². The number of esters is 1. The molecule has 0 N–H and O–H groups in total. The average Bonchev–Trinajstić information content (AvgIpc) is 3.19. The lowest BCUT2D eigenvalue weighted by Crippen LogP contribution is -2.44. The number of anilines is 1. The highest BCUT2D eigenvalue weighted by atomic mass is 16.6. The smallest absolute Gasteiger partial charge is 0.338 e. The number of likely N-dealkylation sites (tertiary alicyclic amines) is 1. The molecule has 1 aromatic carbocycles. The van der Waals surface area contributed by atoms with Gasteiger partial charge in [-0.15, -0.1) is 0 Å². The third-order valence-corrected chi connectivity index (χ3v) is 5.40. The first-order chi connectivity index (χ1) is 13.3. The number of ether oxygens (including phenoxy) is 1. The van der Waals surface area contributed by atoms with Crippen LogP contribution in [0.15, 0.2) is 18.2 Å². The average molecular weight is 389 g/mol. The van der Waals surface area contributed by atoms with E-state index in [1.54, 1.807) is 11.0 Å². The molecule has 0 aliphatic carbocycles. The molecule has 2 aliphatic heterocycles. The Kier molecular flexibility index (Phi) is 6.16. The minimum absolute atomic E-state index is 0.0860. The topological polar surface area (TPSA) is 93.0 Å². The number of carbonyl (C=O) groups excluding carboxylic acids is 2. The highest BCUT2D eigenvalue weighted by Gasteiger charge is 2.27. The van der Waals surface area contributed by atoms with Gasteiger partial charge in [0.05, 0.1) is 10.5 Å². The summed E-state index contributed by atoms with van der Waals surface area (Å²) in [6.45, 7) is 6.72. The van der Waals surface area contributed by atoms with E-state index >= 15 is 0 Å². The molecule has 0 aromatic heterocycles. The number of piperidine rings is 1. The van der Waals surface area contributed by atoms with Crippen LogP contribution in [0.1, 0.15) is 43.5 Å². The Hall–Kier alpha value is -2.64. The Morgan fingerprint density at radius 3 is 2.43 bits per heavy atom. The Bertz CT molecular complexity index is 750. The molecule has 1 amide bonds. The second-order valence-corrected chi connectivity index (χ2v) is 7.98. The SMILES string of the molecule is C[C@@H]1C[C@@H](C)CN(C(=O)COC(=O)c2ccc(N3CCCC3)c([N+](=O)[O-])c2)C1. The van der Waals surface area contributed by atoms with Crippen molar-refractivity contribution in [2.45, 2.75) is 33.1 Å². The number of benzene rings is 1. The summed E-state index contributed by atoms with van der Waals surface area (Å²) in [4.78, 5) is 39.4. The number of nitrogens with zero attached hydrogens (tertiary/aromatic N) is 3. The molecule has 3 rings (SSSR count). The zero-order valence-electron chi connectivity index (χ0n) is 16.4. The fourth-order valence-electron chi connectivity index (χ4n) is 4.19. The van der Waals surface area contributed by atoms with Crippen molar-refractivity contribution in [2.24, 2.45) is 11.8 Å². The third-order valence-electron chi connectivity index (χ3n) is 5.40. The van der Waals surface area contributed by atoms with Crippen molar-refractivity contribution in [3.05, 3.63) is 33.9 Å². The predicted octanol–water partition coefficient (Wildman–Crippen LogP) is 2.86. The summed E-state index contributed by atoms with van der Waals surface area (Å²) < 4.78 is 5.15. The van der Waals surface area contributed by atoms with Crippen LogP contribution in [-0.2, 0) is 9.53 Å². The van der Waals surface area contributed by atoms with E-state index in [-0.39, 0.29) is 23.8 Å². The molecule has 0 radical (unpaired) electrons. The van der Waals surface area contributed by atoms with E-state index in [4.69, 9.17) is 4.74 Å². The minimum Gasteiger partial charge on any atom is -0.452 e. The van der Waals surface area contributed by atoms with Gasteiger partial charge in [0.1, 0.15) is 5.69 Å². The monoisotopic (exact) mass is 389 g/mol. The highest BCUT2D eigenvalue weighted by Crippen LogP contribution is 2.31. The van der Waals surface area contributed by atoms with E-state index < -0.39 is 10.9 Å². The molecule has 1 aromatic rings. The molecule has 8 heteroatoms. The Labute approximate surface area is 164 Å². The molecule has 2 atom stereocenters. The summed E-state index contributed by atoms with van der Waals surface area (Å²) in [5.74, 6) is -0.106. The summed E-state index contributed by atoms with van der Waals surface area (Å²) in [5, 5.41) is 11.5. The van der Waals surface area contributed by atoms with Crippen LogP contribution < -0.4 is 4.90 Å². The van der Waals surface area contributed by atoms with Crippen LogP contribution in [0.25, 0.3) is 0 Å². The van der Waals surface area contributed by atoms with Gasteiger partial charge in [-0.1, -0.05) is 13.8 Å². The van der Waals surface area contributed by atoms with Crippen LogP contribution in [0.3, 0.4) is 0 Å². The van der Waals surface area contributed by atoms with Gasteiger partial charge >= 0.3 is 5.97 Å². The molecular formula is C20H27N3O5. The summed E-state index contributed by atoms with van der Waals surface area (Å²) in [6.07, 6.45) is 3.07. The van der Waals surface area contributed by atoms with E-state index in [0.717, 1.165) is 32.4 Å². The van der Waals surface area contributed by atoms with Gasteiger partial charge < -0.3 is 14.5 Å². The fourth-order valence-corrected chi connectivity index (χ4v) is 4.19. The van der Waals surface area contributed by atoms with Gasteiger partial charge in [0, 0.05) is 32.2 Å². The first-order valence-corrected chi connectivity index (χ1v) is 9.83. The largest absolute Gasteiger partial charge is 0.452 e. The quantitative estimate of drug-likeness (QED) is 0.437. The fraction of sp³-hybridized carbons (Fsp3) is 0.600. The number of amides is 1. The third kappa shape index (κ3) is 4.61. The predicted molar refractivity (Wildman–Crippen MR) is 104 cm³/mol. The van der Waals surface area contributed by atoms with Crippen LogP contribution >= 0.6 is 0 Å². The zero-order valence-corrected chi connectivity index (χ0v) is 16.4. The van der Waals surface area contributed by atoms with Crippen LogP contribution in [0.2, 0.25) is 0 Å². The van der Waals surface area contributed by atoms with Crippen LogP contribution in [0, 0.1) is 22.0 Å². The highest BCUT2D eigenvalue weighted by molar-refractivity contribution is 5.93. The van der Waals surface area contributed by atoms with E-state index in [0.29, 0.717) is 30.6 Å². The summed E-state index contributed by atoms with van der Waals surface area (Å²) in [6, 6.07) is 4.36. The van der Waals surface area contributed by atoms with Gasteiger partial charge in [-0.25, -0.2) is 4.79 Å². The van der Waals surface area contributed by atoms with Gasteiger partial charge in [-0.05, 0) is 43.2 Å². The molecule has 0 unspecified atom stereocenters. The molecule has 152 valence electrons. The molecule has 2 heterocycles. The minimum atomic E-state index is -0.720. The van der Waals surface area contributed by atoms with Crippen molar-refractivity contribution in [1.29, 1.82) is 0 Å². The number of nitro groups is 1. The lowest BCUT2D eigenvalue weighted by Gasteiger charge is -2.34. The molecule has 8 nitrogen and oxygen atoms in total. The van der Waals surface area contributed by atoms with Crippen LogP contribution in [0.5, 0.6) is 0 Å². The molecule has 2 aliphatic rings. The molecule has 28 heavy (non-hydrogen) atoms. The first-order valence-electron chi connectivity index (χ1n) is 9.83. The van der Waals surface area contributed by atoms with E-state index in [9.17, 15) is 19.7 Å². The van der Waals surface area contributed by atoms with Crippen molar-refractivity contribution >= 4 is 23.3 Å². The number of rotatable bonds is 5. The van der Waals surface area contributed by atoms with E-state index in [1.165, 1.54) is 12.1 Å². The normalized spacial score (nSPS) is 22.2. The number of hydrogen-bond acceptors (Lipinski definition) is 6. The van der Waals surface area contributed by atoms with Crippen molar-refractivity contribution in [1.82, 2.24) is 4.90 Å². The second-order valence-electron chi connectivity index (χ2n) is 7.98. The molecule has 2 saturated heterocycles. The van der Waals surface area contributed by atoms with Crippen LogP contribution in [0.4, 0.5) is 11.4 Å². The van der Waals surface area contributed by atoms with Gasteiger partial charge in [0.25, 0.3) is 11.6 Å². The summed E-state index contributed by atoms with van der Waals surface area (Å²) in [7, 11) is 0. The van der Waals surface area contributed by atoms with Crippen molar-refractivity contribution in [3.63, 3.8) is 0 Å². The number of carbonyl (C=O) groups is 2. The Morgan fingerprint density at radius 2 is 1.82 bits per heavy atom. The van der Waals surface area contributed by atoms with Crippen molar-refractivity contribution in [2.75, 3.05) is 37.7 Å². The molecular weight excluding hydrogens is 362 g/mol. The zero-order chi connectivity index (χ0) is 20.3. The lowest BCUT2D eigenvalue weighted by atomic mass is 9.92. The molecule has 2 fully saturated rings. The number of hydrogen-bond donors (Lipinski definition) is 0. The standard InChI is InChI=1S/C20H27N3O5/c1-14-9-15(2)12-22(11-14)19(24)13-28-20(25)16-5-6-17(18(10-16)23(26)27)21-7-3-4-8-21/h5-6,10,14-15H,3-4,7-9,11-13H2,1-2H3/t14-,15-/m1/s1. The summed E-state index contributed by atoms with van der Waals surface area (Å²) in [5.41, 5.74) is 0.496. The maximum absolute atomic E-state index is 12.4. The van der Waals surface area contributed by atoms with Gasteiger partial charge in [0.2, 0.25) is 0 Å². The molecule has 0 saturated carbocycles.